The molecule has 0 aliphatic heterocycles. The summed E-state index contributed by atoms with van der Waals surface area (Å²) in [5, 5.41) is 5.57. The highest BCUT2D eigenvalue weighted by atomic mass is 35.5. The Morgan fingerprint density at radius 3 is 2.52 bits per heavy atom. The number of hydrogen-bond donors (Lipinski definition) is 0. The predicted octanol–water partition coefficient (Wildman–Crippen LogP) is 4.82. The van der Waals surface area contributed by atoms with Crippen molar-refractivity contribution in [3.63, 3.8) is 0 Å². The first kappa shape index (κ1) is 18.9. The molecule has 0 atom stereocenters. The van der Waals surface area contributed by atoms with E-state index in [0.717, 1.165) is 16.9 Å². The molecule has 144 valence electrons. The fourth-order valence-corrected chi connectivity index (χ4v) is 3.02. The number of rotatable bonds is 5. The maximum absolute atomic E-state index is 12.6. The third-order valence-electron chi connectivity index (χ3n) is 4.44. The van der Waals surface area contributed by atoms with Crippen LogP contribution in [0.1, 0.15) is 17.0 Å². The largest absolute Gasteiger partial charge is 0.489 e. The van der Waals surface area contributed by atoms with Crippen molar-refractivity contribution in [2.24, 2.45) is 5.10 Å². The van der Waals surface area contributed by atoms with Crippen LogP contribution in [-0.2, 0) is 6.61 Å². The fourth-order valence-electron chi connectivity index (χ4n) is 2.89. The average Bonchev–Trinajstić information content (AvgIpc) is 2.74. The van der Waals surface area contributed by atoms with Crippen LogP contribution in [0.3, 0.4) is 0 Å². The van der Waals surface area contributed by atoms with Gasteiger partial charge in [0.25, 0.3) is 5.56 Å². The van der Waals surface area contributed by atoms with Crippen molar-refractivity contribution in [3.05, 3.63) is 105 Å². The number of nitrogens with zero attached hydrogens (tertiary/aromatic N) is 3. The SMILES string of the molecule is Cc1nc2ccccc2c(=O)n1N=Cc1ccc(OCc2ccc(Cl)cc2)cc1. The van der Waals surface area contributed by atoms with Gasteiger partial charge < -0.3 is 4.74 Å². The van der Waals surface area contributed by atoms with Crippen LogP contribution in [0.4, 0.5) is 0 Å². The minimum atomic E-state index is -0.188. The van der Waals surface area contributed by atoms with Crippen LogP contribution in [0.25, 0.3) is 10.9 Å². The summed E-state index contributed by atoms with van der Waals surface area (Å²) in [6.07, 6.45) is 1.63. The Hall–Kier alpha value is -3.44. The van der Waals surface area contributed by atoms with E-state index in [1.165, 1.54) is 4.68 Å². The Morgan fingerprint density at radius 1 is 1.03 bits per heavy atom. The molecule has 1 aromatic heterocycles. The summed E-state index contributed by atoms with van der Waals surface area (Å²) >= 11 is 5.89. The fraction of sp³-hybridized carbons (Fsp3) is 0.0870. The van der Waals surface area contributed by atoms with Crippen molar-refractivity contribution in [1.29, 1.82) is 0 Å². The van der Waals surface area contributed by atoms with Gasteiger partial charge in [0.05, 0.1) is 17.1 Å². The number of para-hydroxylation sites is 1. The molecule has 0 saturated heterocycles. The third kappa shape index (κ3) is 4.36. The molecule has 0 bridgehead atoms. The lowest BCUT2D eigenvalue weighted by molar-refractivity contribution is 0.306. The molecule has 0 N–H and O–H groups in total. The number of benzene rings is 3. The lowest BCUT2D eigenvalue weighted by atomic mass is 10.2. The summed E-state index contributed by atoms with van der Waals surface area (Å²) in [7, 11) is 0. The van der Waals surface area contributed by atoms with E-state index in [0.29, 0.717) is 28.4 Å². The van der Waals surface area contributed by atoms with Gasteiger partial charge in [-0.25, -0.2) is 4.98 Å². The molecule has 0 aliphatic rings. The van der Waals surface area contributed by atoms with E-state index in [9.17, 15) is 4.79 Å². The molecule has 0 amide bonds. The Kier molecular flexibility index (Phi) is 5.40. The number of fused-ring (bicyclic) bond motifs is 1. The Bertz CT molecular complexity index is 1230. The molecule has 3 aromatic carbocycles. The lowest BCUT2D eigenvalue weighted by Gasteiger charge is -2.07. The molecular formula is C23H18ClN3O2. The Morgan fingerprint density at radius 2 is 1.76 bits per heavy atom. The monoisotopic (exact) mass is 403 g/mol. The number of ether oxygens (including phenoxy) is 1. The molecule has 4 rings (SSSR count). The van der Waals surface area contributed by atoms with E-state index in [2.05, 4.69) is 10.1 Å². The molecule has 29 heavy (non-hydrogen) atoms. The zero-order chi connectivity index (χ0) is 20.2. The third-order valence-corrected chi connectivity index (χ3v) is 4.69. The van der Waals surface area contributed by atoms with Crippen LogP contribution in [-0.4, -0.2) is 15.9 Å². The van der Waals surface area contributed by atoms with Gasteiger partial charge in [-0.15, -0.1) is 0 Å². The quantitative estimate of drug-likeness (QED) is 0.449. The summed E-state index contributed by atoms with van der Waals surface area (Å²) in [4.78, 5) is 17.1. The highest BCUT2D eigenvalue weighted by Crippen LogP contribution is 2.15. The van der Waals surface area contributed by atoms with Gasteiger partial charge in [0.1, 0.15) is 18.2 Å². The molecule has 4 aromatic rings. The first-order valence-corrected chi connectivity index (χ1v) is 9.48. The summed E-state index contributed by atoms with van der Waals surface area (Å²) in [5.41, 5.74) is 2.37. The summed E-state index contributed by atoms with van der Waals surface area (Å²) in [6.45, 7) is 2.22. The second kappa shape index (κ2) is 8.29. The van der Waals surface area contributed by atoms with E-state index in [1.54, 1.807) is 19.2 Å². The predicted molar refractivity (Wildman–Crippen MR) is 116 cm³/mol. The van der Waals surface area contributed by atoms with Gasteiger partial charge in [0.2, 0.25) is 0 Å². The van der Waals surface area contributed by atoms with Crippen LogP contribution in [0.2, 0.25) is 5.02 Å². The standard InChI is InChI=1S/C23H18ClN3O2/c1-16-26-22-5-3-2-4-21(22)23(28)27(16)25-14-17-8-12-20(13-9-17)29-15-18-6-10-19(24)11-7-18/h2-14H,15H2,1H3. The zero-order valence-electron chi connectivity index (χ0n) is 15.7. The van der Waals surface area contributed by atoms with E-state index >= 15 is 0 Å². The van der Waals surface area contributed by atoms with Crippen molar-refractivity contribution < 1.29 is 4.74 Å². The van der Waals surface area contributed by atoms with E-state index in [-0.39, 0.29) is 5.56 Å². The number of aromatic nitrogens is 2. The molecule has 6 heteroatoms. The average molecular weight is 404 g/mol. The minimum absolute atomic E-state index is 0.188. The molecular weight excluding hydrogens is 386 g/mol. The van der Waals surface area contributed by atoms with Gasteiger partial charge in [-0.1, -0.05) is 35.9 Å². The van der Waals surface area contributed by atoms with Crippen LogP contribution in [0.15, 0.2) is 82.7 Å². The van der Waals surface area contributed by atoms with Gasteiger partial charge in [-0.05, 0) is 66.6 Å². The Labute approximate surface area is 172 Å². The maximum Gasteiger partial charge on any atom is 0.282 e. The van der Waals surface area contributed by atoms with Gasteiger partial charge in [-0.2, -0.15) is 9.78 Å². The second-order valence-electron chi connectivity index (χ2n) is 6.52. The highest BCUT2D eigenvalue weighted by molar-refractivity contribution is 6.30. The lowest BCUT2D eigenvalue weighted by Crippen LogP contribution is -2.20. The first-order chi connectivity index (χ1) is 14.1. The first-order valence-electron chi connectivity index (χ1n) is 9.10. The van der Waals surface area contributed by atoms with Crippen LogP contribution in [0.5, 0.6) is 5.75 Å². The van der Waals surface area contributed by atoms with Crippen LogP contribution < -0.4 is 10.3 Å². The molecule has 0 saturated carbocycles. The number of halogens is 1. The smallest absolute Gasteiger partial charge is 0.282 e. The molecule has 0 spiro atoms. The molecule has 0 fully saturated rings. The van der Waals surface area contributed by atoms with Crippen LogP contribution in [0, 0.1) is 6.92 Å². The number of aryl methyl sites for hydroxylation is 1. The van der Waals surface area contributed by atoms with Gasteiger partial charge >= 0.3 is 0 Å². The van der Waals surface area contributed by atoms with Gasteiger partial charge in [-0.3, -0.25) is 4.79 Å². The van der Waals surface area contributed by atoms with E-state index in [1.807, 2.05) is 66.7 Å². The highest BCUT2D eigenvalue weighted by Gasteiger charge is 2.06. The zero-order valence-corrected chi connectivity index (χ0v) is 16.5. The van der Waals surface area contributed by atoms with Crippen molar-refractivity contribution in [3.8, 4) is 5.75 Å². The summed E-state index contributed by atoms with van der Waals surface area (Å²) < 4.78 is 7.10. The molecule has 0 radical (unpaired) electrons. The topological polar surface area (TPSA) is 56.5 Å². The summed E-state index contributed by atoms with van der Waals surface area (Å²) in [6, 6.07) is 22.3. The second-order valence-corrected chi connectivity index (χ2v) is 6.96. The molecule has 5 nitrogen and oxygen atoms in total. The van der Waals surface area contributed by atoms with Crippen molar-refractivity contribution >= 4 is 28.7 Å². The summed E-state index contributed by atoms with van der Waals surface area (Å²) in [5.74, 6) is 1.28. The van der Waals surface area contributed by atoms with Crippen molar-refractivity contribution in [1.82, 2.24) is 9.66 Å². The minimum Gasteiger partial charge on any atom is -0.489 e. The molecule has 1 heterocycles. The molecule has 0 unspecified atom stereocenters. The van der Waals surface area contributed by atoms with Crippen molar-refractivity contribution in [2.45, 2.75) is 13.5 Å². The van der Waals surface area contributed by atoms with Gasteiger partial charge in [0, 0.05) is 5.02 Å². The normalized spacial score (nSPS) is 11.2. The van der Waals surface area contributed by atoms with E-state index < -0.39 is 0 Å². The molecule has 0 aliphatic carbocycles. The maximum atomic E-state index is 12.6. The number of hydrogen-bond acceptors (Lipinski definition) is 4. The van der Waals surface area contributed by atoms with Gasteiger partial charge in [0.15, 0.2) is 0 Å². The van der Waals surface area contributed by atoms with Crippen molar-refractivity contribution in [2.75, 3.05) is 0 Å². The van der Waals surface area contributed by atoms with E-state index in [4.69, 9.17) is 16.3 Å². The Balaban J connectivity index is 1.49. The van der Waals surface area contributed by atoms with Crippen LogP contribution >= 0.6 is 11.6 Å².